The van der Waals surface area contributed by atoms with Gasteiger partial charge in [-0.15, -0.1) is 0 Å². The maximum Gasteiger partial charge on any atom is 0.410 e. The van der Waals surface area contributed by atoms with Crippen molar-refractivity contribution in [3.63, 3.8) is 0 Å². The topological polar surface area (TPSA) is 55.6 Å². The number of fused-ring (bicyclic) bond motifs is 2. The first-order valence-electron chi connectivity index (χ1n) is 5.64. The third-order valence-electron chi connectivity index (χ3n) is 3.28. The Hall–Kier alpha value is -0.770. The van der Waals surface area contributed by atoms with Gasteiger partial charge in [0.2, 0.25) is 0 Å². The fourth-order valence-corrected chi connectivity index (χ4v) is 2.58. The van der Waals surface area contributed by atoms with Crippen molar-refractivity contribution in [1.82, 2.24) is 4.90 Å². The van der Waals surface area contributed by atoms with Gasteiger partial charge in [-0.1, -0.05) is 0 Å². The van der Waals surface area contributed by atoms with Gasteiger partial charge in [-0.05, 0) is 39.5 Å². The number of ether oxygens (including phenoxy) is 1. The number of amides is 1. The molecule has 0 aromatic heterocycles. The SMILES string of the molecule is CC(C)(C)OC(=O)N1C[C@H]2CC[C@H]1[C@H]2N. The number of piperidine rings is 1. The Balaban J connectivity index is 1.99. The van der Waals surface area contributed by atoms with Gasteiger partial charge in [0.25, 0.3) is 0 Å². The van der Waals surface area contributed by atoms with E-state index in [9.17, 15) is 4.79 Å². The van der Waals surface area contributed by atoms with E-state index in [0.29, 0.717) is 5.92 Å². The zero-order chi connectivity index (χ0) is 11.2. The van der Waals surface area contributed by atoms with Gasteiger partial charge in [0, 0.05) is 12.6 Å². The van der Waals surface area contributed by atoms with Gasteiger partial charge in [-0.3, -0.25) is 0 Å². The van der Waals surface area contributed by atoms with Crippen molar-refractivity contribution in [2.24, 2.45) is 11.7 Å². The minimum atomic E-state index is -0.414. The first-order chi connectivity index (χ1) is 6.88. The maximum absolute atomic E-state index is 11.8. The van der Waals surface area contributed by atoms with Gasteiger partial charge in [0.15, 0.2) is 0 Å². The number of carbonyl (C=O) groups is 1. The van der Waals surface area contributed by atoms with Crippen LogP contribution in [0.4, 0.5) is 4.79 Å². The van der Waals surface area contributed by atoms with Crippen molar-refractivity contribution in [1.29, 1.82) is 0 Å². The fourth-order valence-electron chi connectivity index (χ4n) is 2.58. The summed E-state index contributed by atoms with van der Waals surface area (Å²) in [5, 5.41) is 0. The highest BCUT2D eigenvalue weighted by atomic mass is 16.6. The number of rotatable bonds is 0. The molecule has 1 saturated heterocycles. The van der Waals surface area contributed by atoms with E-state index >= 15 is 0 Å². The van der Waals surface area contributed by atoms with Crippen LogP contribution >= 0.6 is 0 Å². The Labute approximate surface area is 90.8 Å². The van der Waals surface area contributed by atoms with E-state index in [1.165, 1.54) is 0 Å². The molecule has 1 amide bonds. The van der Waals surface area contributed by atoms with Gasteiger partial charge in [-0.25, -0.2) is 4.79 Å². The fraction of sp³-hybridized carbons (Fsp3) is 0.909. The average molecular weight is 212 g/mol. The Morgan fingerprint density at radius 2 is 2.07 bits per heavy atom. The molecular weight excluding hydrogens is 192 g/mol. The van der Waals surface area contributed by atoms with Crippen LogP contribution < -0.4 is 5.73 Å². The standard InChI is InChI=1S/C11H20N2O2/c1-11(2,3)15-10(14)13-6-7-4-5-8(13)9(7)12/h7-9H,4-6,12H2,1-3H3/t7-,8+,9+/m1/s1. The van der Waals surface area contributed by atoms with Gasteiger partial charge in [0.05, 0.1) is 6.04 Å². The third kappa shape index (κ3) is 1.95. The van der Waals surface area contributed by atoms with Crippen LogP contribution in [0.1, 0.15) is 33.6 Å². The summed E-state index contributed by atoms with van der Waals surface area (Å²) in [7, 11) is 0. The molecule has 0 unspecified atom stereocenters. The van der Waals surface area contributed by atoms with Crippen LogP contribution in [0.25, 0.3) is 0 Å². The van der Waals surface area contributed by atoms with Crippen molar-refractivity contribution >= 4 is 6.09 Å². The molecule has 2 rings (SSSR count). The summed E-state index contributed by atoms with van der Waals surface area (Å²) in [6, 6.07) is 0.377. The van der Waals surface area contributed by atoms with Crippen molar-refractivity contribution in [3.8, 4) is 0 Å². The summed E-state index contributed by atoms with van der Waals surface area (Å²) in [6.07, 6.45) is 1.99. The monoisotopic (exact) mass is 212 g/mol. The molecule has 0 aromatic carbocycles. The predicted molar refractivity (Wildman–Crippen MR) is 57.4 cm³/mol. The Morgan fingerprint density at radius 3 is 2.47 bits per heavy atom. The molecular formula is C11H20N2O2. The average Bonchev–Trinajstić information content (AvgIpc) is 2.59. The van der Waals surface area contributed by atoms with Crippen LogP contribution in [0.3, 0.4) is 0 Å². The normalized spacial score (nSPS) is 34.7. The van der Waals surface area contributed by atoms with Crippen molar-refractivity contribution in [3.05, 3.63) is 0 Å². The molecule has 15 heavy (non-hydrogen) atoms. The molecule has 0 spiro atoms. The lowest BCUT2D eigenvalue weighted by Gasteiger charge is -2.30. The quantitative estimate of drug-likeness (QED) is 0.659. The number of hydrogen-bond donors (Lipinski definition) is 1. The number of nitrogens with two attached hydrogens (primary N) is 1. The minimum absolute atomic E-state index is 0.164. The van der Waals surface area contributed by atoms with Gasteiger partial charge in [-0.2, -0.15) is 0 Å². The van der Waals surface area contributed by atoms with Crippen molar-refractivity contribution < 1.29 is 9.53 Å². The highest BCUT2D eigenvalue weighted by Crippen LogP contribution is 2.37. The molecule has 2 fully saturated rings. The van der Waals surface area contributed by atoms with Crippen LogP contribution in [-0.4, -0.2) is 35.2 Å². The van der Waals surface area contributed by atoms with Crippen LogP contribution in [-0.2, 0) is 4.74 Å². The van der Waals surface area contributed by atoms with Crippen LogP contribution in [0.2, 0.25) is 0 Å². The molecule has 2 bridgehead atoms. The van der Waals surface area contributed by atoms with E-state index < -0.39 is 5.60 Å². The van der Waals surface area contributed by atoms with Gasteiger partial charge >= 0.3 is 6.09 Å². The van der Waals surface area contributed by atoms with Gasteiger partial charge < -0.3 is 15.4 Å². The van der Waals surface area contributed by atoms with E-state index in [4.69, 9.17) is 10.5 Å². The molecule has 2 aliphatic rings. The highest BCUT2D eigenvalue weighted by molar-refractivity contribution is 5.69. The Morgan fingerprint density at radius 1 is 1.40 bits per heavy atom. The molecule has 4 heteroatoms. The first-order valence-corrected chi connectivity index (χ1v) is 5.64. The summed E-state index contributed by atoms with van der Waals surface area (Å²) < 4.78 is 5.35. The molecule has 1 aliphatic carbocycles. The summed E-state index contributed by atoms with van der Waals surface area (Å²) in [4.78, 5) is 13.7. The second-order valence-electron chi connectivity index (χ2n) is 5.61. The minimum Gasteiger partial charge on any atom is -0.444 e. The zero-order valence-corrected chi connectivity index (χ0v) is 9.69. The highest BCUT2D eigenvalue weighted by Gasteiger charge is 2.47. The smallest absolute Gasteiger partial charge is 0.410 e. The third-order valence-corrected chi connectivity index (χ3v) is 3.28. The van der Waals surface area contributed by atoms with E-state index in [-0.39, 0.29) is 18.2 Å². The van der Waals surface area contributed by atoms with E-state index in [1.807, 2.05) is 25.7 Å². The summed E-state index contributed by atoms with van der Waals surface area (Å²) in [6.45, 7) is 6.44. The first kappa shape index (κ1) is 10.7. The molecule has 1 aliphatic heterocycles. The number of likely N-dealkylation sites (tertiary alicyclic amines) is 1. The van der Waals surface area contributed by atoms with Crippen LogP contribution in [0.5, 0.6) is 0 Å². The molecule has 1 heterocycles. The second kappa shape index (κ2) is 3.37. The molecule has 86 valence electrons. The van der Waals surface area contributed by atoms with Crippen molar-refractivity contribution in [2.75, 3.05) is 6.54 Å². The molecule has 0 radical (unpaired) electrons. The van der Waals surface area contributed by atoms with Crippen molar-refractivity contribution in [2.45, 2.75) is 51.3 Å². The summed E-state index contributed by atoms with van der Waals surface area (Å²) in [5.74, 6) is 0.488. The summed E-state index contributed by atoms with van der Waals surface area (Å²) in [5.41, 5.74) is 5.61. The molecule has 2 N–H and O–H groups in total. The van der Waals surface area contributed by atoms with Crippen LogP contribution in [0, 0.1) is 5.92 Å². The lowest BCUT2D eigenvalue weighted by atomic mass is 10.1. The zero-order valence-electron chi connectivity index (χ0n) is 9.69. The Bertz CT molecular complexity index is 272. The Kier molecular flexibility index (Phi) is 2.41. The number of carbonyl (C=O) groups excluding carboxylic acids is 1. The van der Waals surface area contributed by atoms with E-state index in [2.05, 4.69) is 0 Å². The second-order valence-corrected chi connectivity index (χ2v) is 5.61. The largest absolute Gasteiger partial charge is 0.444 e. The molecule has 0 aromatic rings. The molecule has 4 nitrogen and oxygen atoms in total. The van der Waals surface area contributed by atoms with E-state index in [1.54, 1.807) is 0 Å². The van der Waals surface area contributed by atoms with Crippen LogP contribution in [0.15, 0.2) is 0 Å². The number of nitrogens with zero attached hydrogens (tertiary/aromatic N) is 1. The van der Waals surface area contributed by atoms with Gasteiger partial charge in [0.1, 0.15) is 5.60 Å². The lowest BCUT2D eigenvalue weighted by molar-refractivity contribution is 0.0188. The maximum atomic E-state index is 11.8. The predicted octanol–water partition coefficient (Wildman–Crippen LogP) is 1.34. The van der Waals surface area contributed by atoms with E-state index in [0.717, 1.165) is 19.4 Å². The molecule has 1 saturated carbocycles. The molecule has 3 atom stereocenters. The summed E-state index contributed by atoms with van der Waals surface area (Å²) >= 11 is 0. The lowest BCUT2D eigenvalue weighted by Crippen LogP contribution is -2.44. The number of hydrogen-bond acceptors (Lipinski definition) is 3.